The predicted molar refractivity (Wildman–Crippen MR) is 43.1 cm³/mol. The average Bonchev–Trinajstić information content (AvgIpc) is 1.99. The van der Waals surface area contributed by atoms with Gasteiger partial charge in [0.15, 0.2) is 0 Å². The van der Waals surface area contributed by atoms with Gasteiger partial charge in [0.2, 0.25) is 5.91 Å². The summed E-state index contributed by atoms with van der Waals surface area (Å²) in [6, 6.07) is 0. The Kier molecular flexibility index (Phi) is 4.51. The molecule has 0 spiro atoms. The maximum Gasteiger partial charge on any atom is 0.406 e. The van der Waals surface area contributed by atoms with Gasteiger partial charge in [-0.15, -0.1) is 0 Å². The Bertz CT molecular complexity index is 198. The van der Waals surface area contributed by atoms with Crippen LogP contribution in [0.4, 0.5) is 13.2 Å². The molecule has 0 saturated heterocycles. The minimum Gasteiger partial charge on any atom is -0.330 e. The summed E-state index contributed by atoms with van der Waals surface area (Å²) >= 11 is 0. The number of hydrogen-bond acceptors (Lipinski definition) is 1. The van der Waals surface area contributed by atoms with E-state index < -0.39 is 18.6 Å². The van der Waals surface area contributed by atoms with Gasteiger partial charge in [0, 0.05) is 6.54 Å². The first kappa shape index (κ1) is 12.0. The Hall–Kier alpha value is -1.00. The fraction of sp³-hybridized carbons (Fsp3) is 0.625. The van der Waals surface area contributed by atoms with Gasteiger partial charge in [0.1, 0.15) is 6.54 Å². The first-order valence-corrected chi connectivity index (χ1v) is 3.89. The smallest absolute Gasteiger partial charge is 0.330 e. The second-order valence-corrected chi connectivity index (χ2v) is 2.47. The molecule has 0 aliphatic rings. The maximum absolute atomic E-state index is 11.9. The number of hydrogen-bond donors (Lipinski definition) is 0. The van der Waals surface area contributed by atoms with E-state index in [4.69, 9.17) is 0 Å². The largest absolute Gasteiger partial charge is 0.406 e. The summed E-state index contributed by atoms with van der Waals surface area (Å²) in [6.07, 6.45) is -1.79. The van der Waals surface area contributed by atoms with Crippen molar-refractivity contribution in [2.24, 2.45) is 0 Å². The summed E-state index contributed by atoms with van der Waals surface area (Å²) in [7, 11) is 0. The lowest BCUT2D eigenvalue weighted by Crippen LogP contribution is -2.37. The molecular weight excluding hydrogens is 183 g/mol. The average molecular weight is 195 g/mol. The molecule has 0 aliphatic carbocycles. The van der Waals surface area contributed by atoms with Crippen LogP contribution in [0.15, 0.2) is 12.2 Å². The molecule has 0 fully saturated rings. The molecule has 0 heterocycles. The minimum atomic E-state index is -4.33. The van der Waals surface area contributed by atoms with Crippen molar-refractivity contribution >= 4 is 5.91 Å². The molecule has 0 saturated carbocycles. The van der Waals surface area contributed by atoms with Crippen LogP contribution in [0.2, 0.25) is 0 Å². The van der Waals surface area contributed by atoms with Gasteiger partial charge in [-0.3, -0.25) is 4.79 Å². The van der Waals surface area contributed by atoms with Gasteiger partial charge < -0.3 is 4.90 Å². The zero-order valence-electron chi connectivity index (χ0n) is 7.56. The maximum atomic E-state index is 11.9. The van der Waals surface area contributed by atoms with Crippen LogP contribution in [0.25, 0.3) is 0 Å². The normalized spacial score (nSPS) is 12.1. The Labute approximate surface area is 75.0 Å². The van der Waals surface area contributed by atoms with E-state index >= 15 is 0 Å². The summed E-state index contributed by atoms with van der Waals surface area (Å²) in [6.45, 7) is 1.96. The van der Waals surface area contributed by atoms with Crippen molar-refractivity contribution in [1.82, 2.24) is 4.90 Å². The number of alkyl halides is 3. The van der Waals surface area contributed by atoms with E-state index in [-0.39, 0.29) is 6.54 Å². The van der Waals surface area contributed by atoms with Crippen molar-refractivity contribution < 1.29 is 18.0 Å². The van der Waals surface area contributed by atoms with Crippen molar-refractivity contribution in [1.29, 1.82) is 0 Å². The van der Waals surface area contributed by atoms with Crippen LogP contribution in [0, 0.1) is 0 Å². The molecular formula is C8H12F3NO. The number of likely N-dealkylation sites (N-methyl/N-ethyl adjacent to an activating group) is 1. The number of carbonyl (C=O) groups excluding carboxylic acids is 1. The van der Waals surface area contributed by atoms with Gasteiger partial charge in [-0.1, -0.05) is 6.08 Å². The number of allylic oxidation sites excluding steroid dienone is 1. The summed E-state index contributed by atoms with van der Waals surface area (Å²) in [5.74, 6) is -0.609. The van der Waals surface area contributed by atoms with Crippen LogP contribution in [0.3, 0.4) is 0 Å². The van der Waals surface area contributed by atoms with Crippen LogP contribution >= 0.6 is 0 Å². The highest BCUT2D eigenvalue weighted by molar-refractivity contribution is 5.87. The molecule has 0 bridgehead atoms. The van der Waals surface area contributed by atoms with Crippen molar-refractivity contribution in [2.45, 2.75) is 20.0 Å². The molecule has 0 aromatic heterocycles. The summed E-state index contributed by atoms with van der Waals surface area (Å²) in [4.78, 5) is 11.7. The van der Waals surface area contributed by atoms with E-state index in [0.717, 1.165) is 11.0 Å². The number of amides is 1. The Balaban J connectivity index is 4.27. The molecule has 76 valence electrons. The van der Waals surface area contributed by atoms with Crippen molar-refractivity contribution in [3.05, 3.63) is 12.2 Å². The van der Waals surface area contributed by atoms with Crippen molar-refractivity contribution in [2.75, 3.05) is 13.1 Å². The minimum absolute atomic E-state index is 0.0582. The molecule has 1 amide bonds. The second kappa shape index (κ2) is 4.89. The number of carbonyl (C=O) groups is 1. The molecule has 0 rings (SSSR count). The molecule has 5 heteroatoms. The van der Waals surface area contributed by atoms with Gasteiger partial charge in [0.05, 0.1) is 0 Å². The van der Waals surface area contributed by atoms with Gasteiger partial charge in [-0.2, -0.15) is 13.2 Å². The first-order valence-electron chi connectivity index (χ1n) is 3.89. The van der Waals surface area contributed by atoms with Gasteiger partial charge >= 0.3 is 6.18 Å². The Morgan fingerprint density at radius 1 is 1.46 bits per heavy atom. The Morgan fingerprint density at radius 3 is 2.31 bits per heavy atom. The van der Waals surface area contributed by atoms with E-state index in [9.17, 15) is 18.0 Å². The first-order chi connectivity index (χ1) is 5.90. The Morgan fingerprint density at radius 2 is 2.00 bits per heavy atom. The molecule has 0 aliphatic heterocycles. The standard InChI is InChI=1S/C8H12F3NO/c1-3-5-7(13)12(4-2)6-8(9,10)11/h3,5H,4,6H2,1-2H3. The molecule has 2 nitrogen and oxygen atoms in total. The van der Waals surface area contributed by atoms with Crippen molar-refractivity contribution in [3.8, 4) is 0 Å². The predicted octanol–water partition coefficient (Wildman–Crippen LogP) is 1.97. The molecule has 0 N–H and O–H groups in total. The third-order valence-electron chi connectivity index (χ3n) is 1.37. The van der Waals surface area contributed by atoms with Gasteiger partial charge in [0.25, 0.3) is 0 Å². The molecule has 0 aromatic rings. The quantitative estimate of drug-likeness (QED) is 0.630. The van der Waals surface area contributed by atoms with Gasteiger partial charge in [-0.05, 0) is 19.9 Å². The molecule has 13 heavy (non-hydrogen) atoms. The number of rotatable bonds is 3. The lowest BCUT2D eigenvalue weighted by molar-refractivity contribution is -0.157. The number of nitrogens with zero attached hydrogens (tertiary/aromatic N) is 1. The van der Waals surface area contributed by atoms with Crippen LogP contribution in [-0.4, -0.2) is 30.1 Å². The highest BCUT2D eigenvalue weighted by Gasteiger charge is 2.31. The molecule has 0 aromatic carbocycles. The van der Waals surface area contributed by atoms with Crippen LogP contribution in [0.1, 0.15) is 13.8 Å². The van der Waals surface area contributed by atoms with E-state index in [2.05, 4.69) is 0 Å². The fourth-order valence-electron chi connectivity index (χ4n) is 0.810. The summed E-state index contributed by atoms with van der Waals surface area (Å²) in [5, 5.41) is 0. The van der Waals surface area contributed by atoms with E-state index in [1.54, 1.807) is 6.92 Å². The van der Waals surface area contributed by atoms with Crippen LogP contribution < -0.4 is 0 Å². The topological polar surface area (TPSA) is 20.3 Å². The number of halogens is 3. The fourth-order valence-corrected chi connectivity index (χ4v) is 0.810. The summed E-state index contributed by atoms with van der Waals surface area (Å²) in [5.41, 5.74) is 0. The second-order valence-electron chi connectivity index (χ2n) is 2.47. The van der Waals surface area contributed by atoms with E-state index in [1.165, 1.54) is 13.0 Å². The lowest BCUT2D eigenvalue weighted by atomic mass is 10.4. The SMILES string of the molecule is CC=CC(=O)N(CC)CC(F)(F)F. The highest BCUT2D eigenvalue weighted by Crippen LogP contribution is 2.16. The highest BCUT2D eigenvalue weighted by atomic mass is 19.4. The van der Waals surface area contributed by atoms with Crippen molar-refractivity contribution in [3.63, 3.8) is 0 Å². The lowest BCUT2D eigenvalue weighted by Gasteiger charge is -2.20. The van der Waals surface area contributed by atoms with E-state index in [1.807, 2.05) is 0 Å². The monoisotopic (exact) mass is 195 g/mol. The zero-order chi connectivity index (χ0) is 10.5. The van der Waals surface area contributed by atoms with E-state index in [0.29, 0.717) is 0 Å². The molecule has 0 atom stereocenters. The summed E-state index contributed by atoms with van der Waals surface area (Å²) < 4.78 is 35.6. The molecule has 0 radical (unpaired) electrons. The molecule has 0 unspecified atom stereocenters. The third-order valence-corrected chi connectivity index (χ3v) is 1.37. The van der Waals surface area contributed by atoms with Crippen LogP contribution in [-0.2, 0) is 4.79 Å². The van der Waals surface area contributed by atoms with Crippen LogP contribution in [0.5, 0.6) is 0 Å². The zero-order valence-corrected chi connectivity index (χ0v) is 7.56. The van der Waals surface area contributed by atoms with Gasteiger partial charge in [-0.25, -0.2) is 0 Å². The third kappa shape index (κ3) is 5.27.